The Kier molecular flexibility index (Phi) is 4.90. The lowest BCUT2D eigenvalue weighted by atomic mass is 9.88. The fourth-order valence-electron chi connectivity index (χ4n) is 3.99. The van der Waals surface area contributed by atoms with E-state index in [2.05, 4.69) is 58.6 Å². The van der Waals surface area contributed by atoms with Gasteiger partial charge in [0.15, 0.2) is 0 Å². The Morgan fingerprint density at radius 1 is 1.20 bits per heavy atom. The van der Waals surface area contributed by atoms with Gasteiger partial charge in [-0.1, -0.05) is 30.4 Å². The summed E-state index contributed by atoms with van der Waals surface area (Å²) in [5.41, 5.74) is 9.74. The second-order valence-corrected chi connectivity index (χ2v) is 7.19. The van der Waals surface area contributed by atoms with Crippen LogP contribution >= 0.6 is 0 Å². The van der Waals surface area contributed by atoms with Crippen molar-refractivity contribution in [1.29, 1.82) is 0 Å². The van der Waals surface area contributed by atoms with E-state index in [0.29, 0.717) is 18.5 Å². The topological polar surface area (TPSA) is 62.1 Å². The number of nitrogens with two attached hydrogens (primary N) is 1. The average molecular weight is 336 g/mol. The number of piperidine rings is 1. The molecule has 1 unspecified atom stereocenters. The highest BCUT2D eigenvalue weighted by atomic mass is 15.0. The Balaban J connectivity index is 1.70. The number of rotatable bonds is 4. The van der Waals surface area contributed by atoms with E-state index < -0.39 is 0 Å². The van der Waals surface area contributed by atoms with Crippen LogP contribution in [0.4, 0.5) is 5.69 Å². The van der Waals surface area contributed by atoms with Crippen LogP contribution in [-0.2, 0) is 0 Å². The fourth-order valence-corrected chi connectivity index (χ4v) is 3.99. The maximum atomic E-state index is 5.85. The van der Waals surface area contributed by atoms with Gasteiger partial charge < -0.3 is 21.7 Å². The average Bonchev–Trinajstić information content (AvgIpc) is 2.69. The molecule has 3 aliphatic rings. The summed E-state index contributed by atoms with van der Waals surface area (Å²) in [6, 6.07) is 5.26. The van der Waals surface area contributed by atoms with Crippen molar-refractivity contribution in [3.8, 4) is 0 Å². The monoisotopic (exact) mass is 336 g/mol. The van der Waals surface area contributed by atoms with Crippen LogP contribution in [0.5, 0.6) is 0 Å². The minimum Gasteiger partial charge on any atom is -0.387 e. The third kappa shape index (κ3) is 3.65. The van der Waals surface area contributed by atoms with Gasteiger partial charge in [-0.3, -0.25) is 0 Å². The van der Waals surface area contributed by atoms with Crippen LogP contribution in [0.2, 0.25) is 0 Å². The quantitative estimate of drug-likeness (QED) is 0.660. The third-order valence-corrected chi connectivity index (χ3v) is 5.42. The van der Waals surface area contributed by atoms with Crippen molar-refractivity contribution in [3.05, 3.63) is 51.9 Å². The fraction of sp³-hybridized carbons (Fsp3) is 0.429. The molecule has 1 fully saturated rings. The van der Waals surface area contributed by atoms with Crippen molar-refractivity contribution in [2.45, 2.75) is 31.2 Å². The molecule has 0 amide bonds. The summed E-state index contributed by atoms with van der Waals surface area (Å²) >= 11 is 0. The molecule has 1 atom stereocenters. The number of allylic oxidation sites excluding steroid dienone is 2. The van der Waals surface area contributed by atoms with Crippen molar-refractivity contribution in [2.24, 2.45) is 5.73 Å². The molecule has 5 N–H and O–H groups in total. The zero-order chi connectivity index (χ0) is 17.1. The van der Waals surface area contributed by atoms with E-state index in [1.165, 1.54) is 40.1 Å². The number of hydrogen-bond donors (Lipinski definition) is 4. The highest BCUT2D eigenvalue weighted by Gasteiger charge is 2.17. The summed E-state index contributed by atoms with van der Waals surface area (Å²) in [6.45, 7) is 3.72. The SMILES string of the molecule is NCC1=CC(c2cc(NC3CCNCC3)c3c(c2)=CCNC=3)CC=C1. The molecule has 0 aromatic heterocycles. The molecule has 1 aromatic rings. The molecule has 0 spiro atoms. The van der Waals surface area contributed by atoms with Gasteiger partial charge in [0.1, 0.15) is 0 Å². The van der Waals surface area contributed by atoms with Crippen LogP contribution in [0.25, 0.3) is 12.3 Å². The lowest BCUT2D eigenvalue weighted by Crippen LogP contribution is -2.40. The second kappa shape index (κ2) is 7.46. The molecule has 25 heavy (non-hydrogen) atoms. The molecule has 2 heterocycles. The molecule has 4 heteroatoms. The summed E-state index contributed by atoms with van der Waals surface area (Å²) in [7, 11) is 0. The molecule has 0 radical (unpaired) electrons. The molecule has 1 aromatic carbocycles. The van der Waals surface area contributed by atoms with Crippen LogP contribution in [0.1, 0.15) is 30.7 Å². The van der Waals surface area contributed by atoms with Gasteiger partial charge in [-0.05, 0) is 54.8 Å². The largest absolute Gasteiger partial charge is 0.387 e. The summed E-state index contributed by atoms with van der Waals surface area (Å²) in [5, 5.41) is 13.3. The molecular weight excluding hydrogens is 308 g/mol. The Morgan fingerprint density at radius 3 is 2.92 bits per heavy atom. The molecule has 0 bridgehead atoms. The Bertz CT molecular complexity index is 800. The first-order chi connectivity index (χ1) is 12.3. The maximum absolute atomic E-state index is 5.85. The van der Waals surface area contributed by atoms with Gasteiger partial charge in [0.05, 0.1) is 0 Å². The van der Waals surface area contributed by atoms with E-state index in [0.717, 1.165) is 26.1 Å². The Labute approximate surface area is 149 Å². The normalized spacial score (nSPS) is 22.9. The van der Waals surface area contributed by atoms with E-state index >= 15 is 0 Å². The van der Waals surface area contributed by atoms with Crippen LogP contribution in [0, 0.1) is 0 Å². The zero-order valence-corrected chi connectivity index (χ0v) is 14.7. The summed E-state index contributed by atoms with van der Waals surface area (Å²) in [5.74, 6) is 0.422. The van der Waals surface area contributed by atoms with E-state index in [-0.39, 0.29) is 0 Å². The second-order valence-electron chi connectivity index (χ2n) is 7.19. The molecule has 1 saturated heterocycles. The zero-order valence-electron chi connectivity index (χ0n) is 14.7. The Morgan fingerprint density at radius 2 is 2.08 bits per heavy atom. The first-order valence-electron chi connectivity index (χ1n) is 9.46. The van der Waals surface area contributed by atoms with E-state index in [1.54, 1.807) is 0 Å². The smallest absolute Gasteiger partial charge is 0.0439 e. The van der Waals surface area contributed by atoms with Crippen molar-refractivity contribution in [2.75, 3.05) is 31.5 Å². The highest BCUT2D eigenvalue weighted by Crippen LogP contribution is 2.27. The molecule has 0 saturated carbocycles. The number of hydrogen-bond acceptors (Lipinski definition) is 4. The summed E-state index contributed by atoms with van der Waals surface area (Å²) < 4.78 is 0. The molecule has 4 rings (SSSR count). The van der Waals surface area contributed by atoms with Gasteiger partial charge in [-0.25, -0.2) is 0 Å². The van der Waals surface area contributed by atoms with E-state index in [4.69, 9.17) is 5.73 Å². The van der Waals surface area contributed by atoms with E-state index in [9.17, 15) is 0 Å². The first-order valence-corrected chi connectivity index (χ1v) is 9.46. The summed E-state index contributed by atoms with van der Waals surface area (Å²) in [6.07, 6.45) is 14.6. The van der Waals surface area contributed by atoms with Crippen LogP contribution in [-0.4, -0.2) is 32.2 Å². The first kappa shape index (κ1) is 16.4. The molecule has 1 aliphatic carbocycles. The lowest BCUT2D eigenvalue weighted by Gasteiger charge is -2.26. The van der Waals surface area contributed by atoms with E-state index in [1.807, 2.05) is 0 Å². The number of benzene rings is 1. The molecule has 132 valence electrons. The number of fused-ring (bicyclic) bond motifs is 1. The molecule has 2 aliphatic heterocycles. The predicted octanol–water partition coefficient (Wildman–Crippen LogP) is 0.901. The molecule has 4 nitrogen and oxygen atoms in total. The van der Waals surface area contributed by atoms with Crippen molar-refractivity contribution < 1.29 is 0 Å². The minimum atomic E-state index is 0.422. The number of nitrogens with one attached hydrogen (secondary N) is 3. The number of anilines is 1. The van der Waals surface area contributed by atoms with Gasteiger partial charge in [0.25, 0.3) is 0 Å². The minimum absolute atomic E-state index is 0.422. The van der Waals surface area contributed by atoms with Crippen LogP contribution in [0.3, 0.4) is 0 Å². The van der Waals surface area contributed by atoms with Gasteiger partial charge >= 0.3 is 0 Å². The predicted molar refractivity (Wildman–Crippen MR) is 106 cm³/mol. The van der Waals surface area contributed by atoms with Gasteiger partial charge in [-0.2, -0.15) is 0 Å². The van der Waals surface area contributed by atoms with Crippen molar-refractivity contribution in [1.82, 2.24) is 10.6 Å². The van der Waals surface area contributed by atoms with Gasteiger partial charge in [0.2, 0.25) is 0 Å². The molecular formula is C21H28N4. The van der Waals surface area contributed by atoms with Gasteiger partial charge in [-0.15, -0.1) is 0 Å². The highest BCUT2D eigenvalue weighted by molar-refractivity contribution is 5.57. The third-order valence-electron chi connectivity index (χ3n) is 5.42. The lowest BCUT2D eigenvalue weighted by molar-refractivity contribution is 0.479. The maximum Gasteiger partial charge on any atom is 0.0439 e. The van der Waals surface area contributed by atoms with Crippen LogP contribution < -0.4 is 32.1 Å². The summed E-state index contributed by atoms with van der Waals surface area (Å²) in [4.78, 5) is 0. The van der Waals surface area contributed by atoms with Crippen molar-refractivity contribution >= 4 is 18.0 Å². The van der Waals surface area contributed by atoms with Crippen molar-refractivity contribution in [3.63, 3.8) is 0 Å². The standard InChI is InChI=1S/C21H28N4/c22-13-15-2-1-3-16(10-15)18-11-17-4-7-24-14-20(17)21(12-18)25-19-5-8-23-9-6-19/h1-2,4,10-12,14,16,19,23-25H,3,5-9,13,22H2. The van der Waals surface area contributed by atoms with Crippen LogP contribution in [0.15, 0.2) is 35.9 Å². The van der Waals surface area contributed by atoms with Gasteiger partial charge in [0, 0.05) is 42.2 Å². The Hall–Kier alpha value is -2.04.